The highest BCUT2D eigenvalue weighted by molar-refractivity contribution is 5.80. The van der Waals surface area contributed by atoms with Crippen LogP contribution < -0.4 is 10.6 Å². The summed E-state index contributed by atoms with van der Waals surface area (Å²) < 4.78 is 11.2. The second kappa shape index (κ2) is 10.4. The molecule has 1 aromatic rings. The van der Waals surface area contributed by atoms with Crippen LogP contribution in [0.3, 0.4) is 0 Å². The highest BCUT2D eigenvalue weighted by Crippen LogP contribution is 2.26. The molecule has 0 aromatic heterocycles. The fourth-order valence-corrected chi connectivity index (χ4v) is 3.29. The largest absolute Gasteiger partial charge is 0.488 e. The zero-order chi connectivity index (χ0) is 21.6. The van der Waals surface area contributed by atoms with Crippen LogP contribution in [0, 0.1) is 0 Å². The third kappa shape index (κ3) is 6.28. The molecule has 4 N–H and O–H groups in total. The Morgan fingerprint density at radius 1 is 1.28 bits per heavy atom. The number of aliphatic hydroxyl groups is 2. The highest BCUT2D eigenvalue weighted by atomic mass is 16.6. The lowest BCUT2D eigenvalue weighted by atomic mass is 9.95. The van der Waals surface area contributed by atoms with E-state index >= 15 is 0 Å². The molecule has 0 bridgehead atoms. The van der Waals surface area contributed by atoms with Crippen LogP contribution >= 0.6 is 0 Å². The summed E-state index contributed by atoms with van der Waals surface area (Å²) >= 11 is 0. The number of hydrogen-bond acceptors (Lipinski definition) is 6. The van der Waals surface area contributed by atoms with Crippen molar-refractivity contribution in [3.8, 4) is 0 Å². The number of ether oxygens (including phenoxy) is 2. The molecule has 0 aliphatic carbocycles. The van der Waals surface area contributed by atoms with Crippen molar-refractivity contribution in [1.29, 1.82) is 0 Å². The van der Waals surface area contributed by atoms with E-state index in [2.05, 4.69) is 17.2 Å². The Morgan fingerprint density at radius 2 is 1.93 bits per heavy atom. The lowest BCUT2D eigenvalue weighted by Gasteiger charge is -2.41. The third-order valence-electron chi connectivity index (χ3n) is 4.74. The minimum Gasteiger partial charge on any atom is -0.488 e. The smallest absolute Gasteiger partial charge is 0.249 e. The number of benzene rings is 1. The molecule has 29 heavy (non-hydrogen) atoms. The number of carbonyl (C=O) groups is 2. The molecule has 1 heterocycles. The Morgan fingerprint density at radius 3 is 2.52 bits per heavy atom. The zero-order valence-electron chi connectivity index (χ0n) is 17.0. The van der Waals surface area contributed by atoms with E-state index in [0.29, 0.717) is 6.42 Å². The fourth-order valence-electron chi connectivity index (χ4n) is 3.29. The molecule has 2 rings (SSSR count). The van der Waals surface area contributed by atoms with Crippen molar-refractivity contribution < 1.29 is 29.3 Å². The molecule has 0 saturated carbocycles. The lowest BCUT2D eigenvalue weighted by molar-refractivity contribution is -0.175. The maximum atomic E-state index is 12.6. The summed E-state index contributed by atoms with van der Waals surface area (Å²) in [6.07, 6.45) is -3.45. The maximum Gasteiger partial charge on any atom is 0.249 e. The molecular weight excluding hydrogens is 376 g/mol. The van der Waals surface area contributed by atoms with Gasteiger partial charge in [-0.05, 0) is 25.8 Å². The number of nitrogens with one attached hydrogen (secondary N) is 2. The zero-order valence-corrected chi connectivity index (χ0v) is 17.0. The molecule has 1 aliphatic heterocycles. The number of rotatable bonds is 8. The molecule has 6 atom stereocenters. The number of amides is 2. The molecule has 1 aliphatic rings. The van der Waals surface area contributed by atoms with Gasteiger partial charge in [0, 0.05) is 13.0 Å². The molecule has 6 unspecified atom stereocenters. The molecular formula is C21H30N2O6. The number of hydrogen-bond donors (Lipinski definition) is 4. The van der Waals surface area contributed by atoms with Crippen LogP contribution in [-0.2, 0) is 25.5 Å². The van der Waals surface area contributed by atoms with Gasteiger partial charge in [0.05, 0.1) is 6.61 Å². The molecule has 2 amide bonds. The van der Waals surface area contributed by atoms with Crippen LogP contribution in [0.2, 0.25) is 0 Å². The predicted octanol–water partition coefficient (Wildman–Crippen LogP) is 0.278. The van der Waals surface area contributed by atoms with Crippen LogP contribution in [0.15, 0.2) is 42.7 Å². The Balaban J connectivity index is 2.02. The van der Waals surface area contributed by atoms with Crippen LogP contribution in [0.4, 0.5) is 0 Å². The van der Waals surface area contributed by atoms with E-state index in [0.717, 1.165) is 5.56 Å². The predicted molar refractivity (Wildman–Crippen MR) is 107 cm³/mol. The molecule has 0 spiro atoms. The first-order valence-corrected chi connectivity index (χ1v) is 9.64. The summed E-state index contributed by atoms with van der Waals surface area (Å²) in [6.45, 7) is 8.06. The minimum absolute atomic E-state index is 0.123. The fraction of sp³-hybridized carbons (Fsp3) is 0.524. The minimum atomic E-state index is -1.25. The van der Waals surface area contributed by atoms with Gasteiger partial charge in [-0.3, -0.25) is 9.59 Å². The standard InChI is InChI=1S/C21H30N2O6/c1-12(10-16-8-6-5-7-9-16)22-21(27)14(3)29-20-18(23-15(4)25)13(2)28-17(11-24)19(20)26/h5-9,12,14,17-20,24,26H,2,10-11H2,1,3-4H3,(H,22,27)(H,23,25). The van der Waals surface area contributed by atoms with Gasteiger partial charge in [0.2, 0.25) is 11.8 Å². The van der Waals surface area contributed by atoms with E-state index < -0.39 is 37.1 Å². The first-order chi connectivity index (χ1) is 13.7. The lowest BCUT2D eigenvalue weighted by Crippen LogP contribution is -2.60. The van der Waals surface area contributed by atoms with Gasteiger partial charge in [-0.25, -0.2) is 0 Å². The van der Waals surface area contributed by atoms with Gasteiger partial charge in [-0.15, -0.1) is 0 Å². The Kier molecular flexibility index (Phi) is 8.19. The highest BCUT2D eigenvalue weighted by Gasteiger charge is 2.44. The van der Waals surface area contributed by atoms with Gasteiger partial charge in [0.25, 0.3) is 0 Å². The maximum absolute atomic E-state index is 12.6. The van der Waals surface area contributed by atoms with E-state index in [-0.39, 0.29) is 23.6 Å². The second-order valence-corrected chi connectivity index (χ2v) is 7.32. The molecule has 1 aromatic carbocycles. The van der Waals surface area contributed by atoms with E-state index in [1.165, 1.54) is 6.92 Å². The monoisotopic (exact) mass is 406 g/mol. The average molecular weight is 406 g/mol. The molecule has 1 fully saturated rings. The third-order valence-corrected chi connectivity index (χ3v) is 4.74. The summed E-state index contributed by atoms with van der Waals surface area (Å²) in [7, 11) is 0. The van der Waals surface area contributed by atoms with Gasteiger partial charge in [-0.2, -0.15) is 0 Å². The number of aliphatic hydroxyl groups excluding tert-OH is 2. The van der Waals surface area contributed by atoms with Crippen molar-refractivity contribution in [3.05, 3.63) is 48.2 Å². The Bertz CT molecular complexity index is 710. The summed E-state index contributed by atoms with van der Waals surface area (Å²) in [4.78, 5) is 24.1. The second-order valence-electron chi connectivity index (χ2n) is 7.32. The molecule has 1 saturated heterocycles. The van der Waals surface area contributed by atoms with Gasteiger partial charge >= 0.3 is 0 Å². The number of carbonyl (C=O) groups excluding carboxylic acids is 2. The summed E-state index contributed by atoms with van der Waals surface area (Å²) in [6, 6.07) is 8.81. The van der Waals surface area contributed by atoms with Crippen molar-refractivity contribution in [2.45, 2.75) is 63.7 Å². The van der Waals surface area contributed by atoms with Crippen molar-refractivity contribution >= 4 is 11.8 Å². The van der Waals surface area contributed by atoms with Crippen LogP contribution in [0.25, 0.3) is 0 Å². The van der Waals surface area contributed by atoms with Crippen LogP contribution in [0.1, 0.15) is 26.3 Å². The van der Waals surface area contributed by atoms with Crippen LogP contribution in [-0.4, -0.2) is 65.1 Å². The average Bonchev–Trinajstić information content (AvgIpc) is 2.67. The van der Waals surface area contributed by atoms with Crippen LogP contribution in [0.5, 0.6) is 0 Å². The molecule has 0 radical (unpaired) electrons. The molecule has 8 nitrogen and oxygen atoms in total. The Labute approximate surface area is 170 Å². The van der Waals surface area contributed by atoms with Gasteiger partial charge in [-0.1, -0.05) is 36.9 Å². The van der Waals surface area contributed by atoms with Crippen molar-refractivity contribution in [2.75, 3.05) is 6.61 Å². The van der Waals surface area contributed by atoms with E-state index in [4.69, 9.17) is 9.47 Å². The normalized spacial score (nSPS) is 26.2. The summed E-state index contributed by atoms with van der Waals surface area (Å²) in [5.41, 5.74) is 1.10. The van der Waals surface area contributed by atoms with Gasteiger partial charge in [0.1, 0.15) is 36.2 Å². The van der Waals surface area contributed by atoms with E-state index in [9.17, 15) is 19.8 Å². The SMILES string of the molecule is C=C1OC(CO)C(O)C(OC(C)C(=O)NC(C)Cc2ccccc2)C1NC(C)=O. The van der Waals surface area contributed by atoms with Gasteiger partial charge in [0.15, 0.2) is 0 Å². The summed E-state index contributed by atoms with van der Waals surface area (Å²) in [5, 5.41) is 25.4. The topological polar surface area (TPSA) is 117 Å². The first kappa shape index (κ1) is 22.9. The molecule has 160 valence electrons. The summed E-state index contributed by atoms with van der Waals surface area (Å²) in [5.74, 6) is -0.559. The first-order valence-electron chi connectivity index (χ1n) is 9.64. The van der Waals surface area contributed by atoms with Crippen molar-refractivity contribution in [3.63, 3.8) is 0 Å². The Hall–Kier alpha value is -2.42. The quantitative estimate of drug-likeness (QED) is 0.493. The van der Waals surface area contributed by atoms with Crippen molar-refractivity contribution in [2.24, 2.45) is 0 Å². The van der Waals surface area contributed by atoms with E-state index in [1.54, 1.807) is 6.92 Å². The van der Waals surface area contributed by atoms with E-state index in [1.807, 2.05) is 37.3 Å². The van der Waals surface area contributed by atoms with Crippen molar-refractivity contribution in [1.82, 2.24) is 10.6 Å². The van der Waals surface area contributed by atoms with Gasteiger partial charge < -0.3 is 30.3 Å². The molecule has 8 heteroatoms.